The number of rotatable bonds is 7. The first-order chi connectivity index (χ1) is 9.78. The van der Waals surface area contributed by atoms with Crippen LogP contribution in [0, 0.1) is 5.82 Å². The highest BCUT2D eigenvalue weighted by molar-refractivity contribution is 7.98. The predicted octanol–water partition coefficient (Wildman–Crippen LogP) is 4.62. The molecule has 0 aliphatic heterocycles. The van der Waals surface area contributed by atoms with Gasteiger partial charge in [0.2, 0.25) is 0 Å². The Labute approximate surface area is 124 Å². The van der Waals surface area contributed by atoms with Crippen LogP contribution in [-0.2, 0) is 12.3 Å². The van der Waals surface area contributed by atoms with Crippen molar-refractivity contribution in [2.75, 3.05) is 6.54 Å². The molecule has 106 valence electrons. The highest BCUT2D eigenvalue weighted by Crippen LogP contribution is 2.24. The van der Waals surface area contributed by atoms with E-state index in [0.717, 1.165) is 35.7 Å². The molecule has 0 bridgehead atoms. The highest BCUT2D eigenvalue weighted by Gasteiger charge is 2.02. The smallest absolute Gasteiger partial charge is 0.124 e. The molecular weight excluding hydrogens is 269 g/mol. The average molecular weight is 289 g/mol. The summed E-state index contributed by atoms with van der Waals surface area (Å²) in [5.74, 6) is 0.711. The Morgan fingerprint density at radius 2 is 1.85 bits per heavy atom. The first kappa shape index (κ1) is 15.1. The van der Waals surface area contributed by atoms with Gasteiger partial charge >= 0.3 is 0 Å². The van der Waals surface area contributed by atoms with E-state index in [1.165, 1.54) is 5.56 Å². The summed E-state index contributed by atoms with van der Waals surface area (Å²) in [5, 5.41) is 3.30. The third kappa shape index (κ3) is 4.99. The minimum Gasteiger partial charge on any atom is -0.313 e. The fraction of sp³-hybridized carbons (Fsp3) is 0.294. The van der Waals surface area contributed by atoms with E-state index in [9.17, 15) is 4.39 Å². The summed E-state index contributed by atoms with van der Waals surface area (Å²) in [4.78, 5) is 0.988. The molecule has 3 heteroatoms. The topological polar surface area (TPSA) is 12.0 Å². The second-order valence-corrected chi connectivity index (χ2v) is 5.79. The second kappa shape index (κ2) is 8.08. The van der Waals surface area contributed by atoms with Crippen LogP contribution >= 0.6 is 11.8 Å². The normalized spacial score (nSPS) is 10.7. The highest BCUT2D eigenvalue weighted by atomic mass is 32.2. The van der Waals surface area contributed by atoms with Crippen molar-refractivity contribution in [3.63, 3.8) is 0 Å². The lowest BCUT2D eigenvalue weighted by molar-refractivity contribution is 0.615. The molecule has 0 saturated heterocycles. The van der Waals surface area contributed by atoms with Crippen molar-refractivity contribution >= 4 is 11.8 Å². The standard InChI is InChI=1S/C17H20FNS/c1-2-8-19-12-15-9-16(18)11-17(10-15)20-13-14-6-4-3-5-7-14/h3-7,9-11,19H,2,8,12-13H2,1H3. The van der Waals surface area contributed by atoms with Crippen LogP contribution in [0.2, 0.25) is 0 Å². The molecule has 2 rings (SSSR count). The fourth-order valence-electron chi connectivity index (χ4n) is 1.96. The zero-order valence-electron chi connectivity index (χ0n) is 11.7. The fourth-order valence-corrected chi connectivity index (χ4v) is 2.91. The summed E-state index contributed by atoms with van der Waals surface area (Å²) in [6.07, 6.45) is 1.09. The molecule has 0 unspecified atom stereocenters. The van der Waals surface area contributed by atoms with Gasteiger partial charge in [-0.1, -0.05) is 37.3 Å². The van der Waals surface area contributed by atoms with Crippen LogP contribution in [0.5, 0.6) is 0 Å². The SMILES string of the molecule is CCCNCc1cc(F)cc(SCc2ccccc2)c1. The Balaban J connectivity index is 1.97. The van der Waals surface area contributed by atoms with E-state index in [4.69, 9.17) is 0 Å². The minimum atomic E-state index is -0.156. The maximum Gasteiger partial charge on any atom is 0.124 e. The minimum absolute atomic E-state index is 0.156. The van der Waals surface area contributed by atoms with Gasteiger partial charge in [0, 0.05) is 17.2 Å². The Kier molecular flexibility index (Phi) is 6.09. The molecule has 2 aromatic carbocycles. The van der Waals surface area contributed by atoms with Gasteiger partial charge < -0.3 is 5.32 Å². The predicted molar refractivity (Wildman–Crippen MR) is 84.4 cm³/mol. The van der Waals surface area contributed by atoms with Gasteiger partial charge in [0.25, 0.3) is 0 Å². The van der Waals surface area contributed by atoms with Gasteiger partial charge in [-0.05, 0) is 42.3 Å². The van der Waals surface area contributed by atoms with Crippen LogP contribution in [0.3, 0.4) is 0 Å². The first-order valence-electron chi connectivity index (χ1n) is 6.95. The number of nitrogens with one attached hydrogen (secondary N) is 1. The van der Waals surface area contributed by atoms with Crippen LogP contribution < -0.4 is 5.32 Å². The zero-order chi connectivity index (χ0) is 14.2. The first-order valence-corrected chi connectivity index (χ1v) is 7.93. The number of halogens is 1. The van der Waals surface area contributed by atoms with Crippen molar-refractivity contribution < 1.29 is 4.39 Å². The van der Waals surface area contributed by atoms with Crippen LogP contribution in [0.15, 0.2) is 53.4 Å². The molecule has 2 aromatic rings. The molecule has 0 aliphatic rings. The van der Waals surface area contributed by atoms with Crippen LogP contribution in [0.25, 0.3) is 0 Å². The van der Waals surface area contributed by atoms with E-state index in [1.54, 1.807) is 23.9 Å². The monoisotopic (exact) mass is 289 g/mol. The Bertz CT molecular complexity index is 528. The van der Waals surface area contributed by atoms with E-state index in [1.807, 2.05) is 18.2 Å². The lowest BCUT2D eigenvalue weighted by atomic mass is 10.2. The largest absolute Gasteiger partial charge is 0.313 e. The Morgan fingerprint density at radius 1 is 1.05 bits per heavy atom. The van der Waals surface area contributed by atoms with Crippen molar-refractivity contribution in [3.05, 3.63) is 65.5 Å². The van der Waals surface area contributed by atoms with Gasteiger partial charge in [0.15, 0.2) is 0 Å². The van der Waals surface area contributed by atoms with Gasteiger partial charge in [-0.2, -0.15) is 0 Å². The maximum atomic E-state index is 13.6. The van der Waals surface area contributed by atoms with Crippen LogP contribution in [-0.4, -0.2) is 6.54 Å². The van der Waals surface area contributed by atoms with Crippen LogP contribution in [0.1, 0.15) is 24.5 Å². The molecule has 0 heterocycles. The summed E-state index contributed by atoms with van der Waals surface area (Å²) in [7, 11) is 0. The van der Waals surface area contributed by atoms with Gasteiger partial charge in [0.1, 0.15) is 5.82 Å². The van der Waals surface area contributed by atoms with Crippen molar-refractivity contribution in [2.45, 2.75) is 30.5 Å². The van der Waals surface area contributed by atoms with Crippen molar-refractivity contribution in [1.29, 1.82) is 0 Å². The summed E-state index contributed by atoms with van der Waals surface area (Å²) < 4.78 is 13.6. The van der Waals surface area contributed by atoms with E-state index < -0.39 is 0 Å². The van der Waals surface area contributed by atoms with Crippen LogP contribution in [0.4, 0.5) is 4.39 Å². The quantitative estimate of drug-likeness (QED) is 0.590. The van der Waals surface area contributed by atoms with E-state index >= 15 is 0 Å². The number of hydrogen-bond donors (Lipinski definition) is 1. The molecular formula is C17H20FNS. The number of thioether (sulfide) groups is 1. The van der Waals surface area contributed by atoms with Gasteiger partial charge in [-0.3, -0.25) is 0 Å². The molecule has 0 fully saturated rings. The van der Waals surface area contributed by atoms with Gasteiger partial charge in [0.05, 0.1) is 0 Å². The third-order valence-corrected chi connectivity index (χ3v) is 3.98. The molecule has 1 N–H and O–H groups in total. The second-order valence-electron chi connectivity index (χ2n) is 4.75. The average Bonchev–Trinajstić information content (AvgIpc) is 2.46. The molecule has 0 spiro atoms. The molecule has 1 nitrogen and oxygen atoms in total. The lowest BCUT2D eigenvalue weighted by Gasteiger charge is -2.07. The summed E-state index contributed by atoms with van der Waals surface area (Å²) in [6, 6.07) is 15.5. The summed E-state index contributed by atoms with van der Waals surface area (Å²) >= 11 is 1.67. The van der Waals surface area contributed by atoms with E-state index in [0.29, 0.717) is 0 Å². The lowest BCUT2D eigenvalue weighted by Crippen LogP contribution is -2.13. The molecule has 20 heavy (non-hydrogen) atoms. The molecule has 0 aromatic heterocycles. The van der Waals surface area contributed by atoms with Gasteiger partial charge in [-0.25, -0.2) is 4.39 Å². The van der Waals surface area contributed by atoms with E-state index in [2.05, 4.69) is 30.4 Å². The Hall–Kier alpha value is -1.32. The Morgan fingerprint density at radius 3 is 2.60 bits per heavy atom. The summed E-state index contributed by atoms with van der Waals surface area (Å²) in [6.45, 7) is 3.81. The van der Waals surface area contributed by atoms with Crippen molar-refractivity contribution in [1.82, 2.24) is 5.32 Å². The zero-order valence-corrected chi connectivity index (χ0v) is 12.5. The van der Waals surface area contributed by atoms with Gasteiger partial charge in [-0.15, -0.1) is 11.8 Å². The summed E-state index contributed by atoms with van der Waals surface area (Å²) in [5.41, 5.74) is 2.27. The van der Waals surface area contributed by atoms with Crippen molar-refractivity contribution in [2.24, 2.45) is 0 Å². The van der Waals surface area contributed by atoms with E-state index in [-0.39, 0.29) is 5.82 Å². The molecule has 0 aliphatic carbocycles. The molecule has 0 atom stereocenters. The molecule has 0 saturated carbocycles. The maximum absolute atomic E-state index is 13.6. The third-order valence-electron chi connectivity index (χ3n) is 2.94. The van der Waals surface area contributed by atoms with Crippen molar-refractivity contribution in [3.8, 4) is 0 Å². The number of hydrogen-bond acceptors (Lipinski definition) is 2. The number of benzene rings is 2. The molecule has 0 amide bonds. The molecule has 0 radical (unpaired) electrons.